The monoisotopic (exact) mass is 460 g/mol. The Morgan fingerprint density at radius 3 is 2.44 bits per heavy atom. The van der Waals surface area contributed by atoms with E-state index in [0.717, 1.165) is 0 Å². The van der Waals surface area contributed by atoms with Gasteiger partial charge >= 0.3 is 0 Å². The summed E-state index contributed by atoms with van der Waals surface area (Å²) in [5.41, 5.74) is 4.70. The van der Waals surface area contributed by atoms with Crippen molar-refractivity contribution in [1.82, 2.24) is 20.1 Å². The fraction of sp³-hybridized carbons (Fsp3) is 0.333. The van der Waals surface area contributed by atoms with Crippen LogP contribution >= 0.6 is 0 Å². The molecule has 0 unspecified atom stereocenters. The second-order valence-electron chi connectivity index (χ2n) is 7.54. The molecule has 0 radical (unpaired) electrons. The third-order valence-corrected chi connectivity index (χ3v) is 7.19. The lowest BCUT2D eigenvalue weighted by Gasteiger charge is -2.31. The van der Waals surface area contributed by atoms with Gasteiger partial charge in [0.1, 0.15) is 6.61 Å². The SMILES string of the molecule is CN1CCN(S(=O)(=O)c2cccc(C(=O)NNC(=O)[C@@H]3COc4ccccc4O3)c2)CC1. The molecule has 2 heterocycles. The smallest absolute Gasteiger partial charge is 0.283 e. The van der Waals surface area contributed by atoms with E-state index in [2.05, 4.69) is 15.8 Å². The minimum atomic E-state index is -3.72. The van der Waals surface area contributed by atoms with Crippen LogP contribution in [0.3, 0.4) is 0 Å². The Morgan fingerprint density at radius 2 is 1.69 bits per heavy atom. The fourth-order valence-corrected chi connectivity index (χ4v) is 4.86. The van der Waals surface area contributed by atoms with Crippen molar-refractivity contribution < 1.29 is 27.5 Å². The number of benzene rings is 2. The van der Waals surface area contributed by atoms with Gasteiger partial charge in [-0.1, -0.05) is 18.2 Å². The van der Waals surface area contributed by atoms with Gasteiger partial charge in [-0.05, 0) is 37.4 Å². The number of fused-ring (bicyclic) bond motifs is 1. The number of piperazine rings is 1. The Balaban J connectivity index is 1.37. The molecule has 4 rings (SSSR count). The summed E-state index contributed by atoms with van der Waals surface area (Å²) in [5, 5.41) is 0. The molecule has 2 aliphatic rings. The van der Waals surface area contributed by atoms with Crippen LogP contribution in [0.15, 0.2) is 53.4 Å². The number of hydrogen-bond acceptors (Lipinski definition) is 7. The van der Waals surface area contributed by atoms with Crippen molar-refractivity contribution in [2.24, 2.45) is 0 Å². The molecule has 1 fully saturated rings. The van der Waals surface area contributed by atoms with Crippen LogP contribution in [-0.4, -0.2) is 75.4 Å². The van der Waals surface area contributed by atoms with Crippen molar-refractivity contribution in [3.8, 4) is 11.5 Å². The van der Waals surface area contributed by atoms with Gasteiger partial charge in [0.25, 0.3) is 11.8 Å². The molecule has 11 heteroatoms. The summed E-state index contributed by atoms with van der Waals surface area (Å²) in [6.45, 7) is 2.05. The van der Waals surface area contributed by atoms with Gasteiger partial charge in [0.15, 0.2) is 11.5 Å². The summed E-state index contributed by atoms with van der Waals surface area (Å²) in [6.07, 6.45) is -0.936. The zero-order valence-electron chi connectivity index (χ0n) is 17.5. The standard InChI is InChI=1S/C21H24N4O6S/c1-24-9-11-25(12-10-24)32(28,29)16-6-4-5-15(13-16)20(26)22-23-21(27)19-14-30-17-7-2-3-8-18(17)31-19/h2-8,13,19H,9-12,14H2,1H3,(H,22,26)(H,23,27)/t19-/m0/s1. The molecule has 0 aliphatic carbocycles. The molecule has 1 atom stereocenters. The van der Waals surface area contributed by atoms with E-state index >= 15 is 0 Å². The first-order valence-electron chi connectivity index (χ1n) is 10.1. The molecule has 0 aromatic heterocycles. The minimum absolute atomic E-state index is 0.00251. The van der Waals surface area contributed by atoms with Crippen molar-refractivity contribution in [3.05, 3.63) is 54.1 Å². The van der Waals surface area contributed by atoms with Crippen molar-refractivity contribution >= 4 is 21.8 Å². The average molecular weight is 461 g/mol. The molecule has 1 saturated heterocycles. The molecule has 2 amide bonds. The van der Waals surface area contributed by atoms with E-state index in [-0.39, 0.29) is 17.1 Å². The summed E-state index contributed by atoms with van der Waals surface area (Å²) in [6, 6.07) is 12.7. The number of hydrazine groups is 1. The second-order valence-corrected chi connectivity index (χ2v) is 9.48. The van der Waals surface area contributed by atoms with E-state index in [0.29, 0.717) is 37.7 Å². The van der Waals surface area contributed by atoms with Crippen LogP contribution < -0.4 is 20.3 Å². The van der Waals surface area contributed by atoms with Crippen LogP contribution in [0.5, 0.6) is 11.5 Å². The van der Waals surface area contributed by atoms with Crippen LogP contribution in [0.25, 0.3) is 0 Å². The topological polar surface area (TPSA) is 117 Å². The lowest BCUT2D eigenvalue weighted by atomic mass is 10.2. The van der Waals surface area contributed by atoms with E-state index in [9.17, 15) is 18.0 Å². The molecule has 170 valence electrons. The van der Waals surface area contributed by atoms with Crippen LogP contribution in [0, 0.1) is 0 Å². The van der Waals surface area contributed by atoms with E-state index in [1.54, 1.807) is 24.3 Å². The third-order valence-electron chi connectivity index (χ3n) is 5.30. The molecule has 0 bridgehead atoms. The molecule has 32 heavy (non-hydrogen) atoms. The summed E-state index contributed by atoms with van der Waals surface area (Å²) in [7, 11) is -1.78. The average Bonchev–Trinajstić information content (AvgIpc) is 2.82. The van der Waals surface area contributed by atoms with E-state index in [4.69, 9.17) is 9.47 Å². The number of rotatable bonds is 4. The Labute approximate surface area is 186 Å². The van der Waals surface area contributed by atoms with Crippen LogP contribution in [0.1, 0.15) is 10.4 Å². The molecule has 0 saturated carbocycles. The second kappa shape index (κ2) is 9.15. The Morgan fingerprint density at radius 1 is 0.969 bits per heavy atom. The molecule has 2 N–H and O–H groups in total. The molecular weight excluding hydrogens is 436 g/mol. The highest BCUT2D eigenvalue weighted by Crippen LogP contribution is 2.30. The highest BCUT2D eigenvalue weighted by Gasteiger charge is 2.29. The molecular formula is C21H24N4O6S. The van der Waals surface area contributed by atoms with Gasteiger partial charge in [-0.25, -0.2) is 8.42 Å². The molecule has 10 nitrogen and oxygen atoms in total. The number of nitrogens with one attached hydrogen (secondary N) is 2. The maximum atomic E-state index is 12.9. The Kier molecular flexibility index (Phi) is 6.31. The number of amides is 2. The Bertz CT molecular complexity index is 1110. The molecule has 2 aromatic carbocycles. The van der Waals surface area contributed by atoms with Crippen LogP contribution in [0.2, 0.25) is 0 Å². The van der Waals surface area contributed by atoms with E-state index in [1.807, 2.05) is 7.05 Å². The summed E-state index contributed by atoms with van der Waals surface area (Å²) >= 11 is 0. The van der Waals surface area contributed by atoms with Gasteiger partial charge in [0, 0.05) is 31.7 Å². The summed E-state index contributed by atoms with van der Waals surface area (Å²) in [5.74, 6) is -0.258. The summed E-state index contributed by atoms with van der Waals surface area (Å²) in [4.78, 5) is 27.0. The first kappa shape index (κ1) is 22.1. The summed E-state index contributed by atoms with van der Waals surface area (Å²) < 4.78 is 38.3. The van der Waals surface area contributed by atoms with Gasteiger partial charge in [0.2, 0.25) is 16.1 Å². The highest BCUT2D eigenvalue weighted by atomic mass is 32.2. The zero-order valence-corrected chi connectivity index (χ0v) is 18.3. The van der Waals surface area contributed by atoms with Crippen molar-refractivity contribution in [3.63, 3.8) is 0 Å². The fourth-order valence-electron chi connectivity index (χ4n) is 3.40. The number of nitrogens with zero attached hydrogens (tertiary/aromatic N) is 2. The predicted molar refractivity (Wildman–Crippen MR) is 115 cm³/mol. The first-order chi connectivity index (χ1) is 15.3. The zero-order chi connectivity index (χ0) is 22.7. The van der Waals surface area contributed by atoms with Crippen molar-refractivity contribution in [2.45, 2.75) is 11.0 Å². The molecule has 2 aromatic rings. The number of hydrogen-bond donors (Lipinski definition) is 2. The van der Waals surface area contributed by atoms with Crippen molar-refractivity contribution in [1.29, 1.82) is 0 Å². The van der Waals surface area contributed by atoms with Gasteiger partial charge in [0.05, 0.1) is 4.90 Å². The quantitative estimate of drug-likeness (QED) is 0.627. The van der Waals surface area contributed by atoms with Gasteiger partial charge in [-0.2, -0.15) is 4.31 Å². The van der Waals surface area contributed by atoms with Gasteiger partial charge < -0.3 is 14.4 Å². The van der Waals surface area contributed by atoms with Gasteiger partial charge in [-0.3, -0.25) is 20.4 Å². The highest BCUT2D eigenvalue weighted by molar-refractivity contribution is 7.89. The minimum Gasteiger partial charge on any atom is -0.485 e. The van der Waals surface area contributed by atoms with E-state index < -0.39 is 27.9 Å². The maximum absolute atomic E-state index is 12.9. The van der Waals surface area contributed by atoms with Crippen molar-refractivity contribution in [2.75, 3.05) is 39.8 Å². The maximum Gasteiger partial charge on any atom is 0.283 e. The van der Waals surface area contributed by atoms with Crippen LogP contribution in [-0.2, 0) is 14.8 Å². The van der Waals surface area contributed by atoms with Crippen LogP contribution in [0.4, 0.5) is 0 Å². The molecule has 2 aliphatic heterocycles. The first-order valence-corrected chi connectivity index (χ1v) is 11.6. The number of para-hydroxylation sites is 2. The number of likely N-dealkylation sites (N-methyl/N-ethyl adjacent to an activating group) is 1. The van der Waals surface area contributed by atoms with E-state index in [1.165, 1.54) is 28.6 Å². The lowest BCUT2D eigenvalue weighted by Crippen LogP contribution is -2.50. The number of carbonyl (C=O) groups excluding carboxylic acids is 2. The number of carbonyl (C=O) groups is 2. The predicted octanol–water partition coefficient (Wildman–Crippen LogP) is 0.224. The molecule has 0 spiro atoms. The normalized spacial score (nSPS) is 19.2. The number of ether oxygens (including phenoxy) is 2. The number of sulfonamides is 1. The third kappa shape index (κ3) is 4.69. The lowest BCUT2D eigenvalue weighted by molar-refractivity contribution is -0.131. The van der Waals surface area contributed by atoms with Gasteiger partial charge in [-0.15, -0.1) is 0 Å². The Hall–Kier alpha value is -3.15. The largest absolute Gasteiger partial charge is 0.485 e.